The summed E-state index contributed by atoms with van der Waals surface area (Å²) in [6, 6.07) is 105. The molecule has 12 aromatic carbocycles. The van der Waals surface area contributed by atoms with Crippen LogP contribution in [-0.4, -0.2) is 0 Å². The summed E-state index contributed by atoms with van der Waals surface area (Å²) in [5.74, 6) is 0. The summed E-state index contributed by atoms with van der Waals surface area (Å²) in [7, 11) is 0. The van der Waals surface area contributed by atoms with Crippen molar-refractivity contribution in [2.75, 3.05) is 9.80 Å². The van der Waals surface area contributed by atoms with Gasteiger partial charge in [-0.05, 0) is 150 Å². The van der Waals surface area contributed by atoms with Gasteiger partial charge in [-0.2, -0.15) is 0 Å². The molecule has 0 heterocycles. The van der Waals surface area contributed by atoms with Crippen LogP contribution in [0.1, 0.15) is 44.5 Å². The number of anilines is 6. The van der Waals surface area contributed by atoms with Gasteiger partial charge in [-0.1, -0.05) is 218 Å². The summed E-state index contributed by atoms with van der Waals surface area (Å²) in [4.78, 5) is 4.99. The van der Waals surface area contributed by atoms with Gasteiger partial charge in [0.15, 0.2) is 0 Å². The zero-order valence-electron chi connectivity index (χ0n) is 40.5. The van der Waals surface area contributed by atoms with Crippen molar-refractivity contribution < 1.29 is 0 Å². The third kappa shape index (κ3) is 5.28. The number of hydrogen-bond acceptors (Lipinski definition) is 2. The van der Waals surface area contributed by atoms with Crippen LogP contribution in [0.25, 0.3) is 55.3 Å². The van der Waals surface area contributed by atoms with Crippen LogP contribution in [-0.2, 0) is 10.8 Å². The number of rotatable bonds is 6. The van der Waals surface area contributed by atoms with E-state index in [9.17, 15) is 0 Å². The summed E-state index contributed by atoms with van der Waals surface area (Å²) >= 11 is 0. The lowest BCUT2D eigenvalue weighted by Gasteiger charge is -2.34. The second-order valence-corrected chi connectivity index (χ2v) is 20.2. The number of nitrogens with zero attached hydrogens (tertiary/aromatic N) is 2. The molecule has 0 aromatic heterocycles. The smallest absolute Gasteiger partial charge is 0.0727 e. The van der Waals surface area contributed by atoms with Crippen LogP contribution in [0, 0.1) is 0 Å². The molecular formula is C72H46N2. The second-order valence-electron chi connectivity index (χ2n) is 20.2. The van der Waals surface area contributed by atoms with Crippen LogP contribution < -0.4 is 9.80 Å². The maximum Gasteiger partial charge on any atom is 0.0727 e. The van der Waals surface area contributed by atoms with E-state index in [2.05, 4.69) is 289 Å². The molecule has 1 atom stereocenters. The summed E-state index contributed by atoms with van der Waals surface area (Å²) < 4.78 is 0. The fraction of sp³-hybridized carbons (Fsp3) is 0.0278. The van der Waals surface area contributed by atoms with Gasteiger partial charge in [-0.3, -0.25) is 0 Å². The van der Waals surface area contributed by atoms with Gasteiger partial charge in [-0.25, -0.2) is 0 Å². The Kier molecular flexibility index (Phi) is 8.62. The van der Waals surface area contributed by atoms with Gasteiger partial charge in [0.05, 0.1) is 22.2 Å². The Labute approximate surface area is 431 Å². The van der Waals surface area contributed by atoms with E-state index in [0.717, 1.165) is 34.1 Å². The molecule has 74 heavy (non-hydrogen) atoms. The van der Waals surface area contributed by atoms with Crippen molar-refractivity contribution in [2.24, 2.45) is 0 Å². The molecule has 0 amide bonds. The Bertz CT molecular complexity index is 4190. The van der Waals surface area contributed by atoms with Crippen molar-refractivity contribution in [3.63, 3.8) is 0 Å². The molecule has 0 aliphatic heterocycles. The molecule has 344 valence electrons. The molecule has 1 unspecified atom stereocenters. The predicted octanol–water partition coefficient (Wildman–Crippen LogP) is 18.5. The van der Waals surface area contributed by atoms with Gasteiger partial charge in [0.25, 0.3) is 0 Å². The highest BCUT2D eigenvalue weighted by Crippen LogP contribution is 2.67. The van der Waals surface area contributed by atoms with Crippen molar-refractivity contribution in [1.82, 2.24) is 0 Å². The topological polar surface area (TPSA) is 6.48 Å². The van der Waals surface area contributed by atoms with E-state index in [0.29, 0.717) is 0 Å². The Balaban J connectivity index is 0.986. The van der Waals surface area contributed by atoms with E-state index < -0.39 is 10.8 Å². The van der Waals surface area contributed by atoms with E-state index >= 15 is 0 Å². The van der Waals surface area contributed by atoms with Crippen molar-refractivity contribution >= 4 is 44.9 Å². The Morgan fingerprint density at radius 3 is 1.11 bits per heavy atom. The van der Waals surface area contributed by atoms with Crippen molar-refractivity contribution in [3.05, 3.63) is 324 Å². The second kappa shape index (κ2) is 15.5. The Hall–Kier alpha value is -9.50. The van der Waals surface area contributed by atoms with E-state index in [1.54, 1.807) is 0 Å². The fourth-order valence-corrected chi connectivity index (χ4v) is 14.2. The van der Waals surface area contributed by atoms with Crippen molar-refractivity contribution in [3.8, 4) is 44.5 Å². The van der Waals surface area contributed by atoms with Gasteiger partial charge < -0.3 is 9.80 Å². The maximum atomic E-state index is 2.55. The number of para-hydroxylation sites is 3. The predicted molar refractivity (Wildman–Crippen MR) is 306 cm³/mol. The molecule has 12 aromatic rings. The van der Waals surface area contributed by atoms with E-state index in [4.69, 9.17) is 0 Å². The molecule has 4 aliphatic rings. The highest BCUT2D eigenvalue weighted by molar-refractivity contribution is 6.12. The van der Waals surface area contributed by atoms with E-state index in [1.165, 1.54) is 99.8 Å². The molecule has 2 spiro atoms. The average Bonchev–Trinajstić information content (AvgIpc) is 4.25. The molecule has 0 bridgehead atoms. The third-order valence-corrected chi connectivity index (χ3v) is 16.8. The summed E-state index contributed by atoms with van der Waals surface area (Å²) in [5, 5.41) is 2.46. The molecule has 2 nitrogen and oxygen atoms in total. The minimum Gasteiger partial charge on any atom is -0.310 e. The molecule has 4 aliphatic carbocycles. The first-order chi connectivity index (χ1) is 36.8. The zero-order valence-corrected chi connectivity index (χ0v) is 40.5. The van der Waals surface area contributed by atoms with Crippen molar-refractivity contribution in [1.29, 1.82) is 0 Å². The van der Waals surface area contributed by atoms with Crippen LogP contribution in [0.4, 0.5) is 34.1 Å². The maximum absolute atomic E-state index is 2.55. The largest absolute Gasteiger partial charge is 0.310 e. The van der Waals surface area contributed by atoms with Gasteiger partial charge in [0.2, 0.25) is 0 Å². The first-order valence-corrected chi connectivity index (χ1v) is 25.8. The number of benzene rings is 12. The molecule has 0 radical (unpaired) electrons. The fourth-order valence-electron chi connectivity index (χ4n) is 14.2. The van der Waals surface area contributed by atoms with Gasteiger partial charge >= 0.3 is 0 Å². The van der Waals surface area contributed by atoms with Gasteiger partial charge in [0, 0.05) is 33.7 Å². The van der Waals surface area contributed by atoms with Crippen LogP contribution in [0.15, 0.2) is 279 Å². The number of hydrogen-bond donors (Lipinski definition) is 0. The highest BCUT2D eigenvalue weighted by Gasteiger charge is 2.54. The quantitative estimate of drug-likeness (QED) is 0.164. The third-order valence-electron chi connectivity index (χ3n) is 16.8. The number of fused-ring (bicyclic) bond motifs is 22. The standard InChI is InChI=1S/C72H46N2/c1-4-23-47(24-5-1)73(48-25-6-2-7-26-48)68-46-66-69(56-33-11-10-32-55(56)68)57-34-15-20-39-62(57)72(66)61-38-19-14-31-53(61)54-44-43-50(45-65(54)72)74(49-27-8-3-9-28-49)67-42-22-41-64-70(67)58-35-16-21-40-63(58)71(64)59-36-17-12-29-51(59)52-30-13-18-37-60(52)71/h1-46H. The SMILES string of the molecule is c1ccc(N(c2ccc3c(c2)C2(c4ccccc4-3)c3ccccc3-c3c2cc(N(c2ccccc2)c2ccccc2)c2ccccc32)c2cccc3c2-c2ccccc2C32c3ccccc3-c3ccccc32)cc1. The van der Waals surface area contributed by atoms with Crippen molar-refractivity contribution in [2.45, 2.75) is 10.8 Å². The molecule has 0 saturated carbocycles. The minimum absolute atomic E-state index is 0.466. The zero-order chi connectivity index (χ0) is 48.5. The first kappa shape index (κ1) is 41.2. The molecule has 2 heteroatoms. The molecule has 0 N–H and O–H groups in total. The first-order valence-electron chi connectivity index (χ1n) is 25.8. The normalized spacial score (nSPS) is 15.2. The Morgan fingerprint density at radius 1 is 0.203 bits per heavy atom. The minimum atomic E-state index is -0.638. The lowest BCUT2D eigenvalue weighted by molar-refractivity contribution is 0.793. The molecular weight excluding hydrogens is 893 g/mol. The highest BCUT2D eigenvalue weighted by atomic mass is 15.2. The van der Waals surface area contributed by atoms with Crippen LogP contribution in [0.5, 0.6) is 0 Å². The summed E-state index contributed by atoms with van der Waals surface area (Å²) in [5.41, 5.74) is 26.5. The Morgan fingerprint density at radius 2 is 0.581 bits per heavy atom. The lowest BCUT2D eigenvalue weighted by Crippen LogP contribution is -2.27. The molecule has 0 saturated heterocycles. The van der Waals surface area contributed by atoms with Crippen LogP contribution >= 0.6 is 0 Å². The summed E-state index contributed by atoms with van der Waals surface area (Å²) in [6.07, 6.45) is 0. The van der Waals surface area contributed by atoms with Gasteiger partial charge in [0.1, 0.15) is 0 Å². The van der Waals surface area contributed by atoms with E-state index in [1.807, 2.05) is 0 Å². The van der Waals surface area contributed by atoms with Crippen LogP contribution in [0.3, 0.4) is 0 Å². The molecule has 16 rings (SSSR count). The van der Waals surface area contributed by atoms with E-state index in [-0.39, 0.29) is 0 Å². The lowest BCUT2D eigenvalue weighted by atomic mass is 9.70. The van der Waals surface area contributed by atoms with Crippen LogP contribution in [0.2, 0.25) is 0 Å². The van der Waals surface area contributed by atoms with Gasteiger partial charge in [-0.15, -0.1) is 0 Å². The monoisotopic (exact) mass is 938 g/mol. The molecule has 0 fully saturated rings. The average molecular weight is 939 g/mol. The summed E-state index contributed by atoms with van der Waals surface area (Å²) in [6.45, 7) is 0.